The fourth-order valence-corrected chi connectivity index (χ4v) is 2.52. The van der Waals surface area contributed by atoms with E-state index in [1.165, 1.54) is 6.08 Å². The Labute approximate surface area is 130 Å². The molecule has 5 nitrogen and oxygen atoms in total. The normalized spacial score (nSPS) is 15.5. The number of hydrogen-bond acceptors (Lipinski definition) is 5. The molecule has 0 aliphatic heterocycles. The van der Waals surface area contributed by atoms with Crippen molar-refractivity contribution in [2.24, 2.45) is 0 Å². The van der Waals surface area contributed by atoms with Crippen molar-refractivity contribution < 1.29 is 14.7 Å². The van der Waals surface area contributed by atoms with Gasteiger partial charge in [-0.05, 0) is 13.1 Å². The molecule has 0 unspecified atom stereocenters. The topological polar surface area (TPSA) is 69.6 Å². The van der Waals surface area contributed by atoms with Gasteiger partial charge in [0.25, 0.3) is 0 Å². The molecule has 0 heterocycles. The molecule has 0 saturated heterocycles. The second-order valence-electron chi connectivity index (χ2n) is 5.32. The highest BCUT2D eigenvalue weighted by Gasteiger charge is 2.25. The van der Waals surface area contributed by atoms with Gasteiger partial charge in [0.05, 0.1) is 11.8 Å². The summed E-state index contributed by atoms with van der Waals surface area (Å²) in [5, 5.41) is 12.9. The van der Waals surface area contributed by atoms with E-state index in [0.29, 0.717) is 17.7 Å². The maximum Gasteiger partial charge on any atom is 0.209 e. The van der Waals surface area contributed by atoms with Crippen molar-refractivity contribution in [2.75, 3.05) is 26.2 Å². The lowest BCUT2D eigenvalue weighted by molar-refractivity contribution is 0.0964. The molecule has 1 aliphatic carbocycles. The monoisotopic (exact) mass is 302 g/mol. The first-order valence-electron chi connectivity index (χ1n) is 7.60. The maximum atomic E-state index is 12.3. The average Bonchev–Trinajstić information content (AvgIpc) is 2.54. The molecule has 22 heavy (non-hydrogen) atoms. The van der Waals surface area contributed by atoms with E-state index in [1.807, 2.05) is 13.8 Å². The van der Waals surface area contributed by atoms with E-state index in [1.54, 1.807) is 24.3 Å². The second kappa shape index (κ2) is 7.33. The van der Waals surface area contributed by atoms with Gasteiger partial charge in [0.2, 0.25) is 5.78 Å². The van der Waals surface area contributed by atoms with Crippen LogP contribution in [0.3, 0.4) is 0 Å². The zero-order valence-electron chi connectivity index (χ0n) is 13.0. The highest BCUT2D eigenvalue weighted by molar-refractivity contribution is 6.24. The molecule has 0 bridgehead atoms. The number of rotatable bonds is 7. The van der Waals surface area contributed by atoms with E-state index in [2.05, 4.69) is 10.2 Å². The van der Waals surface area contributed by atoms with Crippen molar-refractivity contribution in [1.82, 2.24) is 10.2 Å². The number of aliphatic hydroxyl groups is 1. The van der Waals surface area contributed by atoms with Crippen LogP contribution in [0.15, 0.2) is 36.0 Å². The van der Waals surface area contributed by atoms with Crippen LogP contribution >= 0.6 is 0 Å². The van der Waals surface area contributed by atoms with E-state index in [9.17, 15) is 14.7 Å². The minimum Gasteiger partial charge on any atom is -0.390 e. The van der Waals surface area contributed by atoms with Gasteiger partial charge in [-0.3, -0.25) is 9.59 Å². The Hall–Kier alpha value is -1.98. The van der Waals surface area contributed by atoms with Crippen molar-refractivity contribution in [3.63, 3.8) is 0 Å². The van der Waals surface area contributed by atoms with Crippen molar-refractivity contribution >= 4 is 11.6 Å². The third-order valence-electron chi connectivity index (χ3n) is 3.85. The predicted molar refractivity (Wildman–Crippen MR) is 85.0 cm³/mol. The number of hydrogen-bond donors (Lipinski definition) is 2. The minimum absolute atomic E-state index is 0.184. The number of allylic oxidation sites excluding steroid dienone is 2. The fraction of sp³-hybridized carbons (Fsp3) is 0.412. The summed E-state index contributed by atoms with van der Waals surface area (Å²) in [5.41, 5.74) is 1.10. The largest absolute Gasteiger partial charge is 0.390 e. The van der Waals surface area contributed by atoms with Crippen LogP contribution < -0.4 is 5.32 Å². The third kappa shape index (κ3) is 3.61. The first kappa shape index (κ1) is 16.4. The molecule has 2 N–H and O–H groups in total. The van der Waals surface area contributed by atoms with Crippen molar-refractivity contribution in [3.05, 3.63) is 47.2 Å². The lowest BCUT2D eigenvalue weighted by Crippen LogP contribution is -2.39. The summed E-state index contributed by atoms with van der Waals surface area (Å²) in [6.45, 7) is 6.57. The third-order valence-corrected chi connectivity index (χ3v) is 3.85. The molecule has 0 radical (unpaired) electrons. The molecule has 1 aromatic rings. The maximum absolute atomic E-state index is 12.3. The molecular weight excluding hydrogens is 280 g/mol. The molecule has 0 spiro atoms. The second-order valence-corrected chi connectivity index (χ2v) is 5.32. The van der Waals surface area contributed by atoms with Crippen LogP contribution in [-0.4, -0.2) is 53.9 Å². The molecule has 1 aromatic carbocycles. The Balaban J connectivity index is 2.00. The van der Waals surface area contributed by atoms with Gasteiger partial charge in [-0.15, -0.1) is 0 Å². The molecule has 1 atom stereocenters. The highest BCUT2D eigenvalue weighted by Crippen LogP contribution is 2.19. The van der Waals surface area contributed by atoms with Crippen LogP contribution in [0.25, 0.3) is 0 Å². The number of ketones is 2. The predicted octanol–water partition coefficient (Wildman–Crippen LogP) is 1.24. The van der Waals surface area contributed by atoms with Gasteiger partial charge in [0, 0.05) is 30.3 Å². The number of benzene rings is 1. The Morgan fingerprint density at radius 1 is 1.14 bits per heavy atom. The van der Waals surface area contributed by atoms with Gasteiger partial charge in [-0.25, -0.2) is 0 Å². The molecule has 0 amide bonds. The summed E-state index contributed by atoms with van der Waals surface area (Å²) < 4.78 is 0. The SMILES string of the molecule is CCN(CC)C[C@@H](O)CNC1=CC(=O)c2ccccc2C1=O. The molecule has 1 aliphatic rings. The quantitative estimate of drug-likeness (QED) is 0.793. The van der Waals surface area contributed by atoms with Crippen LogP contribution in [0.1, 0.15) is 34.6 Å². The molecule has 0 fully saturated rings. The Morgan fingerprint density at radius 3 is 2.41 bits per heavy atom. The van der Waals surface area contributed by atoms with E-state index >= 15 is 0 Å². The molecule has 5 heteroatoms. The Morgan fingerprint density at radius 2 is 1.77 bits per heavy atom. The van der Waals surface area contributed by atoms with E-state index in [0.717, 1.165) is 13.1 Å². The summed E-state index contributed by atoms with van der Waals surface area (Å²) in [6, 6.07) is 6.78. The van der Waals surface area contributed by atoms with E-state index < -0.39 is 6.10 Å². The zero-order valence-corrected chi connectivity index (χ0v) is 13.0. The van der Waals surface area contributed by atoms with Crippen molar-refractivity contribution in [2.45, 2.75) is 20.0 Å². The lowest BCUT2D eigenvalue weighted by Gasteiger charge is -2.23. The number of likely N-dealkylation sites (N-methyl/N-ethyl adjacent to an activating group) is 1. The molecule has 2 rings (SSSR count). The standard InChI is InChI=1S/C17H22N2O3/c1-3-19(4-2)11-12(20)10-18-15-9-16(21)13-7-5-6-8-14(13)17(15)22/h5-9,12,18,20H,3-4,10-11H2,1-2H3/t12-/m0/s1. The number of nitrogens with zero attached hydrogens (tertiary/aromatic N) is 1. The number of aliphatic hydroxyl groups excluding tert-OH is 1. The van der Waals surface area contributed by atoms with Gasteiger partial charge in [-0.1, -0.05) is 38.1 Å². The number of Topliss-reactive ketones (excluding diaryl/α,β-unsaturated/α-hetero) is 1. The van der Waals surface area contributed by atoms with Gasteiger partial charge in [0.1, 0.15) is 0 Å². The van der Waals surface area contributed by atoms with Gasteiger partial charge in [0.15, 0.2) is 5.78 Å². The number of fused-ring (bicyclic) bond motifs is 1. The van der Waals surface area contributed by atoms with E-state index in [4.69, 9.17) is 0 Å². The van der Waals surface area contributed by atoms with Gasteiger partial charge < -0.3 is 15.3 Å². The highest BCUT2D eigenvalue weighted by atomic mass is 16.3. The first-order chi connectivity index (χ1) is 10.6. The fourth-order valence-electron chi connectivity index (χ4n) is 2.52. The van der Waals surface area contributed by atoms with Gasteiger partial charge >= 0.3 is 0 Å². The number of carbonyl (C=O) groups is 2. The van der Waals surface area contributed by atoms with Crippen LogP contribution in [0.5, 0.6) is 0 Å². The van der Waals surface area contributed by atoms with Crippen LogP contribution in [-0.2, 0) is 0 Å². The Kier molecular flexibility index (Phi) is 5.46. The average molecular weight is 302 g/mol. The summed E-state index contributed by atoms with van der Waals surface area (Å²) in [5.74, 6) is -0.388. The molecular formula is C17H22N2O3. The first-order valence-corrected chi connectivity index (χ1v) is 7.60. The summed E-state index contributed by atoms with van der Waals surface area (Å²) in [4.78, 5) is 26.5. The minimum atomic E-state index is -0.596. The smallest absolute Gasteiger partial charge is 0.209 e. The number of nitrogens with one attached hydrogen (secondary N) is 1. The van der Waals surface area contributed by atoms with Crippen LogP contribution in [0, 0.1) is 0 Å². The molecule has 0 aromatic heterocycles. The number of carbonyl (C=O) groups excluding carboxylic acids is 2. The summed E-state index contributed by atoms with van der Waals surface area (Å²) in [7, 11) is 0. The summed E-state index contributed by atoms with van der Waals surface area (Å²) in [6.07, 6.45) is 0.718. The van der Waals surface area contributed by atoms with E-state index in [-0.39, 0.29) is 23.8 Å². The Bertz CT molecular complexity index is 591. The van der Waals surface area contributed by atoms with Crippen LogP contribution in [0.2, 0.25) is 0 Å². The lowest BCUT2D eigenvalue weighted by atomic mass is 9.93. The molecule has 118 valence electrons. The van der Waals surface area contributed by atoms with Crippen LogP contribution in [0.4, 0.5) is 0 Å². The summed E-state index contributed by atoms with van der Waals surface area (Å²) >= 11 is 0. The molecule has 0 saturated carbocycles. The van der Waals surface area contributed by atoms with Gasteiger partial charge in [-0.2, -0.15) is 0 Å². The van der Waals surface area contributed by atoms with Crippen molar-refractivity contribution in [3.8, 4) is 0 Å². The zero-order chi connectivity index (χ0) is 16.1. The van der Waals surface area contributed by atoms with Crippen molar-refractivity contribution in [1.29, 1.82) is 0 Å².